The van der Waals surface area contributed by atoms with Crippen molar-refractivity contribution in [1.82, 2.24) is 19.5 Å². The molecule has 1 aliphatic rings. The molecule has 2 aromatic heterocycles. The number of hydrogen-bond donors (Lipinski definition) is 4. The molecule has 0 radical (unpaired) electrons. The quantitative estimate of drug-likeness (QED) is 0.145. The Morgan fingerprint density at radius 3 is 2.10 bits per heavy atom. The molecule has 5 aromatic rings. The number of rotatable bonds is 12. The zero-order valence-electron chi connectivity index (χ0n) is 26.6. The zero-order valence-corrected chi connectivity index (χ0v) is 26.6. The molecule has 0 saturated carbocycles. The number of ketones is 1. The number of benzene rings is 3. The lowest BCUT2D eigenvalue weighted by Crippen LogP contribution is -2.49. The molecule has 1 aliphatic heterocycles. The number of aromatic amines is 1. The molecular formula is C35H37N5O8. The highest BCUT2D eigenvalue weighted by atomic mass is 16.6. The largest absolute Gasteiger partial charge is 0.497 e. The molecule has 0 amide bonds. The van der Waals surface area contributed by atoms with Gasteiger partial charge in [0.05, 0.1) is 20.5 Å². The molecule has 5 atom stereocenters. The lowest BCUT2D eigenvalue weighted by molar-refractivity contribution is -0.165. The molecule has 3 aromatic carbocycles. The Labute approximate surface area is 275 Å². The van der Waals surface area contributed by atoms with Gasteiger partial charge in [-0.15, -0.1) is 0 Å². The van der Waals surface area contributed by atoms with Crippen molar-refractivity contribution in [1.29, 1.82) is 0 Å². The van der Waals surface area contributed by atoms with Crippen LogP contribution in [0.4, 0.5) is 5.95 Å². The lowest BCUT2D eigenvalue weighted by Gasteiger charge is -2.40. The van der Waals surface area contributed by atoms with E-state index in [1.807, 2.05) is 61.5 Å². The van der Waals surface area contributed by atoms with Crippen molar-refractivity contribution in [3.63, 3.8) is 0 Å². The van der Waals surface area contributed by atoms with Gasteiger partial charge in [-0.3, -0.25) is 19.1 Å². The van der Waals surface area contributed by atoms with Crippen LogP contribution in [0, 0.1) is 0 Å². The van der Waals surface area contributed by atoms with Gasteiger partial charge in [0.25, 0.3) is 5.56 Å². The van der Waals surface area contributed by atoms with E-state index in [2.05, 4.69) is 15.0 Å². The second kappa shape index (κ2) is 13.6. The van der Waals surface area contributed by atoms with Crippen molar-refractivity contribution in [2.75, 3.05) is 20.0 Å². The number of anilines is 1. The number of nitrogens with zero attached hydrogens (tertiary/aromatic N) is 3. The van der Waals surface area contributed by atoms with Crippen molar-refractivity contribution in [3.8, 4) is 11.5 Å². The number of nitrogens with one attached hydrogen (secondary N) is 1. The van der Waals surface area contributed by atoms with Gasteiger partial charge in [-0.1, -0.05) is 61.5 Å². The fraction of sp³-hybridized carbons (Fsp3) is 0.314. The van der Waals surface area contributed by atoms with Crippen LogP contribution in [0.5, 0.6) is 11.5 Å². The first-order valence-corrected chi connectivity index (χ1v) is 15.5. The maximum Gasteiger partial charge on any atom is 0.280 e. The van der Waals surface area contributed by atoms with Crippen LogP contribution in [0.25, 0.3) is 11.2 Å². The first-order valence-electron chi connectivity index (χ1n) is 15.5. The fourth-order valence-electron chi connectivity index (χ4n) is 6.22. The Morgan fingerprint density at radius 1 is 0.958 bits per heavy atom. The second-order valence-corrected chi connectivity index (χ2v) is 11.5. The molecule has 48 heavy (non-hydrogen) atoms. The summed E-state index contributed by atoms with van der Waals surface area (Å²) in [5.41, 5.74) is 5.82. The molecule has 1 fully saturated rings. The number of Topliss-reactive ketones (excluding diaryl/α,β-unsaturated/α-hetero) is 1. The Balaban J connectivity index is 1.51. The maximum absolute atomic E-state index is 14.1. The summed E-state index contributed by atoms with van der Waals surface area (Å²) in [4.78, 5) is 37.3. The number of methoxy groups -OCH3 is 2. The number of H-pyrrole nitrogens is 1. The van der Waals surface area contributed by atoms with Gasteiger partial charge in [0, 0.05) is 6.42 Å². The van der Waals surface area contributed by atoms with E-state index in [0.29, 0.717) is 34.6 Å². The van der Waals surface area contributed by atoms with Gasteiger partial charge in [0.1, 0.15) is 41.5 Å². The molecule has 250 valence electrons. The van der Waals surface area contributed by atoms with E-state index in [0.717, 1.165) is 0 Å². The first-order chi connectivity index (χ1) is 23.2. The van der Waals surface area contributed by atoms with E-state index < -0.39 is 41.8 Å². The minimum atomic E-state index is -1.59. The van der Waals surface area contributed by atoms with Crippen molar-refractivity contribution in [2.45, 2.75) is 56.0 Å². The van der Waals surface area contributed by atoms with E-state index in [9.17, 15) is 19.8 Å². The van der Waals surface area contributed by atoms with E-state index in [1.54, 1.807) is 38.5 Å². The van der Waals surface area contributed by atoms with Gasteiger partial charge in [-0.2, -0.15) is 4.98 Å². The standard InChI is InChI=1S/C35H37N5O8/c1-4-8-25(41)29(30-27(42)28(43)33(47-30)40-19-37-26-31(40)38-34(36)39-32(26)44)48-35(20-9-6-5-7-10-20,21-11-15-23(45-2)16-12-21)22-13-17-24(46-3)18-14-22/h5-7,9-19,27-30,33,42-43H,4,8H2,1-3H3,(H3,36,38,39,44)/t27-,28+,29?,30-,33+/m0/s1. The number of aliphatic hydroxyl groups excluding tert-OH is 2. The van der Waals surface area contributed by atoms with Crippen LogP contribution in [0.3, 0.4) is 0 Å². The van der Waals surface area contributed by atoms with Crippen LogP contribution in [0.15, 0.2) is 90.0 Å². The Bertz CT molecular complexity index is 1880. The molecule has 1 unspecified atom stereocenters. The highest BCUT2D eigenvalue weighted by Gasteiger charge is 2.53. The normalized spacial score (nSPS) is 20.1. The third kappa shape index (κ3) is 5.81. The van der Waals surface area contributed by atoms with E-state index >= 15 is 0 Å². The number of carbonyl (C=O) groups is 1. The summed E-state index contributed by atoms with van der Waals surface area (Å²) in [6, 6.07) is 24.0. The number of hydrogen-bond acceptors (Lipinski definition) is 11. The summed E-state index contributed by atoms with van der Waals surface area (Å²) >= 11 is 0. The molecule has 0 aliphatic carbocycles. The van der Waals surface area contributed by atoms with Crippen LogP contribution in [0.2, 0.25) is 0 Å². The van der Waals surface area contributed by atoms with Crippen molar-refractivity contribution >= 4 is 22.9 Å². The lowest BCUT2D eigenvalue weighted by atomic mass is 9.79. The minimum absolute atomic E-state index is 0.0325. The summed E-state index contributed by atoms with van der Waals surface area (Å²) < 4.78 is 25.6. The number of ether oxygens (including phenoxy) is 4. The molecule has 5 N–H and O–H groups in total. The SMILES string of the molecule is CCCC(=O)C(OC(c1ccccc1)(c1ccc(OC)cc1)c1ccc(OC)cc1)[C@H]1O[C@@H](n2cnc3c(=O)[nH]c(N)nc32)[C@H](O)[C@@H]1O. The van der Waals surface area contributed by atoms with Crippen LogP contribution in [0.1, 0.15) is 42.7 Å². The number of imidazole rings is 1. The van der Waals surface area contributed by atoms with Gasteiger partial charge in [0.15, 0.2) is 23.2 Å². The minimum Gasteiger partial charge on any atom is -0.497 e. The van der Waals surface area contributed by atoms with E-state index in [-0.39, 0.29) is 29.3 Å². The van der Waals surface area contributed by atoms with Crippen LogP contribution in [-0.4, -0.2) is 74.2 Å². The van der Waals surface area contributed by atoms with Gasteiger partial charge in [-0.05, 0) is 47.4 Å². The maximum atomic E-state index is 14.1. The Kier molecular flexibility index (Phi) is 9.29. The average Bonchev–Trinajstić information content (AvgIpc) is 3.66. The Morgan fingerprint density at radius 2 is 1.54 bits per heavy atom. The number of carbonyl (C=O) groups excluding carboxylic acids is 1. The van der Waals surface area contributed by atoms with Crippen molar-refractivity contribution < 1.29 is 34.0 Å². The van der Waals surface area contributed by atoms with Crippen molar-refractivity contribution in [2.24, 2.45) is 0 Å². The molecule has 1 saturated heterocycles. The molecule has 6 rings (SSSR count). The van der Waals surface area contributed by atoms with E-state index in [4.69, 9.17) is 24.7 Å². The summed E-state index contributed by atoms with van der Waals surface area (Å²) in [7, 11) is 3.14. The Hall–Kier alpha value is -5.08. The number of fused-ring (bicyclic) bond motifs is 1. The average molecular weight is 656 g/mol. The second-order valence-electron chi connectivity index (χ2n) is 11.5. The topological polar surface area (TPSA) is 184 Å². The number of aliphatic hydroxyl groups is 2. The monoisotopic (exact) mass is 655 g/mol. The number of nitrogen functional groups attached to an aromatic ring is 1. The van der Waals surface area contributed by atoms with Crippen molar-refractivity contribution in [3.05, 3.63) is 112 Å². The number of nitrogens with two attached hydrogens (primary N) is 1. The molecule has 0 bridgehead atoms. The van der Waals surface area contributed by atoms with Gasteiger partial charge in [0.2, 0.25) is 5.95 Å². The predicted octanol–water partition coefficient (Wildman–Crippen LogP) is 3.08. The molecule has 13 nitrogen and oxygen atoms in total. The predicted molar refractivity (Wildman–Crippen MR) is 176 cm³/mol. The highest BCUT2D eigenvalue weighted by Crippen LogP contribution is 2.45. The molecular weight excluding hydrogens is 618 g/mol. The smallest absolute Gasteiger partial charge is 0.280 e. The van der Waals surface area contributed by atoms with Gasteiger partial charge < -0.3 is 34.9 Å². The fourth-order valence-corrected chi connectivity index (χ4v) is 6.22. The van der Waals surface area contributed by atoms with Crippen LogP contribution >= 0.6 is 0 Å². The molecule has 13 heteroatoms. The van der Waals surface area contributed by atoms with Crippen LogP contribution in [-0.2, 0) is 19.9 Å². The molecule has 3 heterocycles. The zero-order chi connectivity index (χ0) is 34.0. The summed E-state index contributed by atoms with van der Waals surface area (Å²) in [5.74, 6) is 0.737. The summed E-state index contributed by atoms with van der Waals surface area (Å²) in [6.45, 7) is 1.86. The molecule has 0 spiro atoms. The third-order valence-corrected chi connectivity index (χ3v) is 8.59. The highest BCUT2D eigenvalue weighted by molar-refractivity contribution is 5.84. The van der Waals surface area contributed by atoms with Crippen LogP contribution < -0.4 is 20.8 Å². The number of aromatic nitrogens is 4. The third-order valence-electron chi connectivity index (χ3n) is 8.59. The van der Waals surface area contributed by atoms with Gasteiger partial charge in [-0.25, -0.2) is 4.98 Å². The first kappa shape index (κ1) is 32.8. The summed E-state index contributed by atoms with van der Waals surface area (Å²) in [5, 5.41) is 22.9. The van der Waals surface area contributed by atoms with E-state index in [1.165, 1.54) is 10.9 Å². The summed E-state index contributed by atoms with van der Waals surface area (Å²) in [6.07, 6.45) is -5.29. The van der Waals surface area contributed by atoms with Gasteiger partial charge >= 0.3 is 0 Å².